The molecule has 0 spiro atoms. The number of hydrogen-bond acceptors (Lipinski definition) is 4. The molecule has 0 atom stereocenters. The fraction of sp³-hybridized carbons (Fsp3) is 0.0909. The molecule has 4 rings (SSSR count). The van der Waals surface area contributed by atoms with Gasteiger partial charge in [0.05, 0.1) is 27.9 Å². The summed E-state index contributed by atoms with van der Waals surface area (Å²) in [6.45, 7) is 3.82. The smallest absolute Gasteiger partial charge is 0.259 e. The number of nitriles is 1. The molecular formula is C22H16ClN5O. The third-order valence-electron chi connectivity index (χ3n) is 4.60. The molecule has 4 aromatic rings. The maximum atomic E-state index is 12.3. The number of nitrogens with zero attached hydrogens (tertiary/aromatic N) is 4. The minimum absolute atomic E-state index is 0.190. The Balaban J connectivity index is 1.84. The second-order valence-electron chi connectivity index (χ2n) is 6.64. The van der Waals surface area contributed by atoms with Crippen LogP contribution in [0.5, 0.6) is 0 Å². The lowest BCUT2D eigenvalue weighted by Gasteiger charge is -2.04. The van der Waals surface area contributed by atoms with Gasteiger partial charge in [-0.25, -0.2) is 9.67 Å². The summed E-state index contributed by atoms with van der Waals surface area (Å²) in [7, 11) is 0. The van der Waals surface area contributed by atoms with Gasteiger partial charge in [0, 0.05) is 5.56 Å². The monoisotopic (exact) mass is 401 g/mol. The molecule has 0 saturated carbocycles. The largest absolute Gasteiger partial charge is 0.305 e. The van der Waals surface area contributed by atoms with E-state index in [-0.39, 0.29) is 17.0 Å². The van der Waals surface area contributed by atoms with Crippen LogP contribution in [-0.2, 0) is 0 Å². The van der Waals surface area contributed by atoms with Crippen molar-refractivity contribution < 1.29 is 0 Å². The number of benzene rings is 2. The van der Waals surface area contributed by atoms with Gasteiger partial charge < -0.3 is 4.98 Å². The van der Waals surface area contributed by atoms with Crippen LogP contribution in [0.4, 0.5) is 0 Å². The van der Waals surface area contributed by atoms with Crippen molar-refractivity contribution in [2.24, 2.45) is 0 Å². The average molecular weight is 402 g/mol. The van der Waals surface area contributed by atoms with Gasteiger partial charge in [0.1, 0.15) is 11.2 Å². The van der Waals surface area contributed by atoms with Gasteiger partial charge in [-0.2, -0.15) is 10.4 Å². The standard InChI is InChI=1S/C22H16ClN5O/c1-13-7-9-16(10-8-13)28-20(23)18(14(2)27-28)11-15(12-24)21-25-19-6-4-3-5-17(19)22(29)26-21/h3-11H,1-2H3,(H,25,26,29). The van der Waals surface area contributed by atoms with Crippen molar-refractivity contribution in [1.29, 1.82) is 5.26 Å². The van der Waals surface area contributed by atoms with Crippen molar-refractivity contribution in [2.45, 2.75) is 13.8 Å². The van der Waals surface area contributed by atoms with Crippen molar-refractivity contribution in [1.82, 2.24) is 19.7 Å². The van der Waals surface area contributed by atoms with E-state index < -0.39 is 0 Å². The molecule has 0 aliphatic carbocycles. The van der Waals surface area contributed by atoms with Crippen molar-refractivity contribution in [3.8, 4) is 11.8 Å². The molecule has 142 valence electrons. The number of aromatic amines is 1. The molecule has 0 unspecified atom stereocenters. The van der Waals surface area contributed by atoms with Crippen LogP contribution >= 0.6 is 11.6 Å². The summed E-state index contributed by atoms with van der Waals surface area (Å²) >= 11 is 6.57. The number of rotatable bonds is 3. The van der Waals surface area contributed by atoms with Crippen LogP contribution in [0.1, 0.15) is 22.6 Å². The molecule has 2 aromatic carbocycles. The minimum atomic E-state index is -0.301. The molecule has 7 heteroatoms. The van der Waals surface area contributed by atoms with E-state index in [1.54, 1.807) is 35.0 Å². The Hall–Kier alpha value is -3.69. The van der Waals surface area contributed by atoms with Crippen molar-refractivity contribution >= 4 is 34.2 Å². The maximum Gasteiger partial charge on any atom is 0.259 e. The van der Waals surface area contributed by atoms with Crippen LogP contribution < -0.4 is 5.56 Å². The van der Waals surface area contributed by atoms with Crippen molar-refractivity contribution in [3.63, 3.8) is 0 Å². The number of allylic oxidation sites excluding steroid dienone is 1. The number of fused-ring (bicyclic) bond motifs is 1. The van der Waals surface area contributed by atoms with Crippen LogP contribution in [0.25, 0.3) is 28.2 Å². The Morgan fingerprint density at radius 2 is 1.90 bits per heavy atom. The molecule has 0 amide bonds. The Kier molecular flexibility index (Phi) is 4.75. The molecular weight excluding hydrogens is 386 g/mol. The normalized spacial score (nSPS) is 11.6. The van der Waals surface area contributed by atoms with Crippen molar-refractivity contribution in [3.05, 3.63) is 86.7 Å². The van der Waals surface area contributed by atoms with Crippen LogP contribution in [0, 0.1) is 25.2 Å². The molecule has 0 fully saturated rings. The summed E-state index contributed by atoms with van der Waals surface area (Å²) in [6.07, 6.45) is 1.60. The average Bonchev–Trinajstić information content (AvgIpc) is 3.00. The molecule has 2 aromatic heterocycles. The molecule has 0 aliphatic rings. The number of halogens is 1. The summed E-state index contributed by atoms with van der Waals surface area (Å²) in [6, 6.07) is 16.9. The summed E-state index contributed by atoms with van der Waals surface area (Å²) in [5.41, 5.74) is 3.62. The SMILES string of the molecule is Cc1ccc(-n2nc(C)c(C=C(C#N)c3nc4ccccc4c(=O)[nH]3)c2Cl)cc1. The van der Waals surface area contributed by atoms with Crippen LogP contribution in [-0.4, -0.2) is 19.7 Å². The van der Waals surface area contributed by atoms with E-state index in [0.717, 1.165) is 11.3 Å². The Labute approximate surface area is 171 Å². The molecule has 0 radical (unpaired) electrons. The summed E-state index contributed by atoms with van der Waals surface area (Å²) in [5, 5.41) is 15.0. The quantitative estimate of drug-likeness (QED) is 0.514. The number of H-pyrrole nitrogens is 1. The molecule has 6 nitrogen and oxygen atoms in total. The zero-order chi connectivity index (χ0) is 20.5. The highest BCUT2D eigenvalue weighted by Gasteiger charge is 2.16. The molecule has 29 heavy (non-hydrogen) atoms. The van der Waals surface area contributed by atoms with Gasteiger partial charge in [-0.15, -0.1) is 0 Å². The van der Waals surface area contributed by atoms with E-state index >= 15 is 0 Å². The first kappa shape index (κ1) is 18.7. The van der Waals surface area contributed by atoms with E-state index in [4.69, 9.17) is 11.6 Å². The molecule has 2 heterocycles. The summed E-state index contributed by atoms with van der Waals surface area (Å²) < 4.78 is 1.62. The Morgan fingerprint density at radius 3 is 2.62 bits per heavy atom. The van der Waals surface area contributed by atoms with E-state index in [1.807, 2.05) is 38.1 Å². The van der Waals surface area contributed by atoms with Crippen LogP contribution in [0.15, 0.2) is 53.3 Å². The highest BCUT2D eigenvalue weighted by Crippen LogP contribution is 2.27. The molecule has 0 bridgehead atoms. The van der Waals surface area contributed by atoms with Crippen LogP contribution in [0.2, 0.25) is 5.15 Å². The van der Waals surface area contributed by atoms with Gasteiger partial charge in [-0.3, -0.25) is 4.79 Å². The number of aryl methyl sites for hydroxylation is 2. The predicted octanol–water partition coefficient (Wildman–Crippen LogP) is 4.44. The van der Waals surface area contributed by atoms with Gasteiger partial charge >= 0.3 is 0 Å². The number of nitrogens with one attached hydrogen (secondary N) is 1. The van der Waals surface area contributed by atoms with Crippen LogP contribution in [0.3, 0.4) is 0 Å². The highest BCUT2D eigenvalue weighted by atomic mass is 35.5. The fourth-order valence-corrected chi connectivity index (χ4v) is 3.37. The van der Waals surface area contributed by atoms with Gasteiger partial charge in [0.2, 0.25) is 0 Å². The first-order chi connectivity index (χ1) is 14.0. The number of hydrogen-bond donors (Lipinski definition) is 1. The number of para-hydroxylation sites is 1. The van der Waals surface area contributed by atoms with Crippen molar-refractivity contribution in [2.75, 3.05) is 0 Å². The van der Waals surface area contributed by atoms with E-state index in [2.05, 4.69) is 21.1 Å². The van der Waals surface area contributed by atoms with E-state index in [9.17, 15) is 10.1 Å². The predicted molar refractivity (Wildman–Crippen MR) is 114 cm³/mol. The molecule has 0 aliphatic heterocycles. The lowest BCUT2D eigenvalue weighted by atomic mass is 10.1. The second-order valence-corrected chi connectivity index (χ2v) is 7.00. The third-order valence-corrected chi connectivity index (χ3v) is 4.97. The van der Waals surface area contributed by atoms with Gasteiger partial charge in [-0.05, 0) is 44.2 Å². The lowest BCUT2D eigenvalue weighted by Crippen LogP contribution is -2.11. The Bertz CT molecular complexity index is 1360. The first-order valence-corrected chi connectivity index (χ1v) is 9.29. The van der Waals surface area contributed by atoms with E-state index in [0.29, 0.717) is 27.3 Å². The second kappa shape index (κ2) is 7.38. The van der Waals surface area contributed by atoms with Gasteiger partial charge in [0.25, 0.3) is 5.56 Å². The highest BCUT2D eigenvalue weighted by molar-refractivity contribution is 6.31. The Morgan fingerprint density at radius 1 is 1.17 bits per heavy atom. The zero-order valence-electron chi connectivity index (χ0n) is 15.8. The summed E-state index contributed by atoms with van der Waals surface area (Å²) in [5.74, 6) is 0.190. The van der Waals surface area contributed by atoms with Gasteiger partial charge in [0.15, 0.2) is 5.82 Å². The molecule has 0 saturated heterocycles. The fourth-order valence-electron chi connectivity index (χ4n) is 3.04. The van der Waals surface area contributed by atoms with E-state index in [1.165, 1.54) is 0 Å². The topological polar surface area (TPSA) is 87.4 Å². The maximum absolute atomic E-state index is 12.3. The third kappa shape index (κ3) is 3.44. The first-order valence-electron chi connectivity index (χ1n) is 8.91. The lowest BCUT2D eigenvalue weighted by molar-refractivity contribution is 0.863. The zero-order valence-corrected chi connectivity index (χ0v) is 16.5. The van der Waals surface area contributed by atoms with Gasteiger partial charge in [-0.1, -0.05) is 41.4 Å². The summed E-state index contributed by atoms with van der Waals surface area (Å²) in [4.78, 5) is 19.4. The minimum Gasteiger partial charge on any atom is -0.305 e. The molecule has 1 N–H and O–H groups in total. The number of aromatic nitrogens is 4.